The molecule has 0 amide bonds. The van der Waals surface area contributed by atoms with E-state index in [0.29, 0.717) is 14.0 Å². The first-order chi connectivity index (χ1) is 29.2. The Morgan fingerprint density at radius 3 is 2.12 bits per heavy atom. The van der Waals surface area contributed by atoms with Gasteiger partial charge in [0.05, 0.1) is 28.4 Å². The van der Waals surface area contributed by atoms with Crippen LogP contribution in [0.4, 0.5) is 0 Å². The van der Waals surface area contributed by atoms with Crippen molar-refractivity contribution >= 4 is 108 Å². The van der Waals surface area contributed by atoms with E-state index in [-0.39, 0.29) is 5.94 Å². The normalized spacial score (nSPS) is 15.6. The zero-order valence-electron chi connectivity index (χ0n) is 31.9. The fourth-order valence-corrected chi connectivity index (χ4v) is 11.2. The SMILES string of the molecule is [B]1C(c2ccc3c4ccccc4c4ccccc4c3c2)=NC(c2nc3c(n2-c2cccc4oc5ccccc5c24)C=CCC3)=NC1c1cccc2[pH]c3ccccc3c12. The van der Waals surface area contributed by atoms with E-state index in [1.807, 2.05) is 12.1 Å². The van der Waals surface area contributed by atoms with Crippen LogP contribution < -0.4 is 0 Å². The number of imidazole rings is 1. The van der Waals surface area contributed by atoms with Crippen LogP contribution in [-0.2, 0) is 6.42 Å². The molecule has 2 aliphatic rings. The van der Waals surface area contributed by atoms with Crippen molar-refractivity contribution in [2.24, 2.45) is 9.98 Å². The third kappa shape index (κ3) is 4.97. The van der Waals surface area contributed by atoms with E-state index in [4.69, 9.17) is 19.4 Å². The molecule has 13 rings (SSSR count). The Labute approximate surface area is 341 Å². The summed E-state index contributed by atoms with van der Waals surface area (Å²) in [6.07, 6.45) is 6.26. The highest BCUT2D eigenvalue weighted by Gasteiger charge is 2.31. The number of fused-ring (bicyclic) bond motifs is 13. The summed E-state index contributed by atoms with van der Waals surface area (Å²) in [5.41, 5.74) is 7.96. The molecule has 8 aromatic carbocycles. The quantitative estimate of drug-likeness (QED) is 0.132. The second-order valence-electron chi connectivity index (χ2n) is 15.6. The number of aliphatic imine (C=N–C) groups is 2. The minimum atomic E-state index is -0.296. The van der Waals surface area contributed by atoms with Crippen LogP contribution >= 0.6 is 8.19 Å². The van der Waals surface area contributed by atoms with Crippen LogP contribution in [0.5, 0.6) is 0 Å². The lowest BCUT2D eigenvalue weighted by Crippen LogP contribution is -2.27. The van der Waals surface area contributed by atoms with E-state index in [1.165, 1.54) is 58.9 Å². The minimum absolute atomic E-state index is 0.296. The van der Waals surface area contributed by atoms with Gasteiger partial charge in [-0.3, -0.25) is 9.56 Å². The highest BCUT2D eigenvalue weighted by Crippen LogP contribution is 2.43. The zero-order valence-corrected chi connectivity index (χ0v) is 32.9. The van der Waals surface area contributed by atoms with E-state index >= 15 is 0 Å². The summed E-state index contributed by atoms with van der Waals surface area (Å²) in [4.78, 5) is 16.6. The Morgan fingerprint density at radius 1 is 0.610 bits per heavy atom. The van der Waals surface area contributed by atoms with E-state index in [0.717, 1.165) is 68.9 Å². The van der Waals surface area contributed by atoms with Gasteiger partial charge < -0.3 is 4.42 Å². The molecule has 0 spiro atoms. The molecule has 59 heavy (non-hydrogen) atoms. The molecule has 0 N–H and O–H groups in total. The zero-order chi connectivity index (χ0) is 38.6. The molecule has 7 heteroatoms. The number of nitrogens with zero attached hydrogens (tertiary/aromatic N) is 4. The Balaban J connectivity index is 1.08. The van der Waals surface area contributed by atoms with Crippen molar-refractivity contribution in [3.8, 4) is 5.69 Å². The van der Waals surface area contributed by atoms with Gasteiger partial charge in [-0.25, -0.2) is 9.98 Å². The number of hydrogen-bond donors (Lipinski definition) is 0. The fraction of sp³-hybridized carbons (Fsp3) is 0.0577. The number of hydrogen-bond acceptors (Lipinski definition) is 4. The van der Waals surface area contributed by atoms with Crippen LogP contribution in [0.25, 0.3) is 87.0 Å². The summed E-state index contributed by atoms with van der Waals surface area (Å²) < 4.78 is 8.70. The summed E-state index contributed by atoms with van der Waals surface area (Å²) in [5.74, 6) is 1.06. The van der Waals surface area contributed by atoms with E-state index in [2.05, 4.69) is 164 Å². The smallest absolute Gasteiger partial charge is 0.216 e. The first-order valence-electron chi connectivity index (χ1n) is 20.3. The molecular formula is C52H33BN4OP. The van der Waals surface area contributed by atoms with Crippen molar-refractivity contribution < 1.29 is 4.42 Å². The third-order valence-electron chi connectivity index (χ3n) is 12.4. The molecular weight excluding hydrogens is 738 g/mol. The predicted molar refractivity (Wildman–Crippen MR) is 250 cm³/mol. The number of aromatic nitrogens is 2. The summed E-state index contributed by atoms with van der Waals surface area (Å²) in [6.45, 7) is 0. The number of allylic oxidation sites excluding steroid dienone is 1. The lowest BCUT2D eigenvalue weighted by molar-refractivity contribution is 0.669. The summed E-state index contributed by atoms with van der Waals surface area (Å²) in [7, 11) is 2.88. The predicted octanol–water partition coefficient (Wildman–Crippen LogP) is 13.1. The highest BCUT2D eigenvalue weighted by atomic mass is 31.0. The van der Waals surface area contributed by atoms with Crippen LogP contribution in [0.1, 0.15) is 40.7 Å². The van der Waals surface area contributed by atoms with Gasteiger partial charge in [-0.15, -0.1) is 8.19 Å². The van der Waals surface area contributed by atoms with Gasteiger partial charge >= 0.3 is 0 Å². The van der Waals surface area contributed by atoms with Crippen LogP contribution in [0.15, 0.2) is 172 Å². The molecule has 11 aromatic rings. The molecule has 0 bridgehead atoms. The van der Waals surface area contributed by atoms with Crippen LogP contribution in [0, 0.1) is 0 Å². The fourth-order valence-electron chi connectivity index (χ4n) is 9.75. The standard InChI is InChI=1S/C52H33BN4OP/c1-2-15-33-31(13-1)32-14-3-4-16-34(32)39-29-30(27-28-35(33)39)49-53-50(38-19-11-26-46-47(38)37-18-6-10-25-45(37)59-46)56-51(55-49)52-54-40-20-7-8-21-41(40)57(52)42-22-12-24-44-48(42)36-17-5-9-23-43(36)58-44/h1-6,8-19,21-29,50,59H,7,20H2. The van der Waals surface area contributed by atoms with E-state index < -0.39 is 0 Å². The Kier molecular flexibility index (Phi) is 7.13. The van der Waals surface area contributed by atoms with Crippen molar-refractivity contribution in [2.45, 2.75) is 18.8 Å². The van der Waals surface area contributed by atoms with Gasteiger partial charge in [0.2, 0.25) is 7.28 Å². The minimum Gasteiger partial charge on any atom is -0.456 e. The van der Waals surface area contributed by atoms with Gasteiger partial charge in [0.15, 0.2) is 11.7 Å². The van der Waals surface area contributed by atoms with Crippen molar-refractivity contribution in [3.05, 3.63) is 186 Å². The lowest BCUT2D eigenvalue weighted by Gasteiger charge is -2.22. The second-order valence-corrected chi connectivity index (χ2v) is 17.0. The molecule has 1 aliphatic heterocycles. The van der Waals surface area contributed by atoms with Crippen molar-refractivity contribution in [2.75, 3.05) is 0 Å². The van der Waals surface area contributed by atoms with Gasteiger partial charge in [0.1, 0.15) is 11.2 Å². The summed E-state index contributed by atoms with van der Waals surface area (Å²) in [5, 5.41) is 14.9. The van der Waals surface area contributed by atoms with Crippen LogP contribution in [0.2, 0.25) is 0 Å². The van der Waals surface area contributed by atoms with E-state index in [9.17, 15) is 0 Å². The van der Waals surface area contributed by atoms with Gasteiger partial charge in [-0.2, -0.15) is 0 Å². The van der Waals surface area contributed by atoms with Crippen molar-refractivity contribution in [1.82, 2.24) is 9.55 Å². The molecule has 5 nitrogen and oxygen atoms in total. The molecule has 1 aliphatic carbocycles. The average molecular weight is 772 g/mol. The molecule has 4 heterocycles. The van der Waals surface area contributed by atoms with Gasteiger partial charge in [-0.05, 0) is 108 Å². The Morgan fingerprint density at radius 2 is 1.29 bits per heavy atom. The number of para-hydroxylation sites is 1. The number of aryl methyl sites for hydroxylation is 1. The second kappa shape index (κ2) is 12.7. The Bertz CT molecular complexity index is 3640. The van der Waals surface area contributed by atoms with Crippen LogP contribution in [-0.4, -0.2) is 28.3 Å². The molecule has 0 fully saturated rings. The maximum absolute atomic E-state index is 6.42. The molecule has 0 saturated heterocycles. The van der Waals surface area contributed by atoms with Crippen LogP contribution in [0.3, 0.4) is 0 Å². The molecule has 3 aromatic heterocycles. The van der Waals surface area contributed by atoms with Gasteiger partial charge in [0, 0.05) is 11.0 Å². The largest absolute Gasteiger partial charge is 0.456 e. The maximum Gasteiger partial charge on any atom is 0.216 e. The Hall–Kier alpha value is -7.01. The number of amidine groups is 1. The average Bonchev–Trinajstić information content (AvgIpc) is 4.00. The first kappa shape index (κ1) is 33.0. The van der Waals surface area contributed by atoms with Crippen molar-refractivity contribution in [3.63, 3.8) is 0 Å². The lowest BCUT2D eigenvalue weighted by atomic mass is 9.59. The first-order valence-corrected chi connectivity index (χ1v) is 21.3. The third-order valence-corrected chi connectivity index (χ3v) is 13.8. The number of furan rings is 1. The van der Waals surface area contributed by atoms with Crippen molar-refractivity contribution in [1.29, 1.82) is 0 Å². The number of rotatable bonds is 4. The molecule has 2 unspecified atom stereocenters. The molecule has 275 valence electrons. The number of benzene rings is 8. The van der Waals surface area contributed by atoms with Gasteiger partial charge in [0.25, 0.3) is 0 Å². The summed E-state index contributed by atoms with van der Waals surface area (Å²) >= 11 is 0. The molecule has 1 radical (unpaired) electrons. The molecule has 2 atom stereocenters. The molecule has 0 saturated carbocycles. The van der Waals surface area contributed by atoms with E-state index in [1.54, 1.807) is 0 Å². The topological polar surface area (TPSA) is 55.7 Å². The maximum atomic E-state index is 6.42. The highest BCUT2D eigenvalue weighted by molar-refractivity contribution is 7.43. The van der Waals surface area contributed by atoms with Gasteiger partial charge in [-0.1, -0.05) is 133 Å². The monoisotopic (exact) mass is 771 g/mol. The summed E-state index contributed by atoms with van der Waals surface area (Å²) in [6, 6.07) is 54.5.